The van der Waals surface area contributed by atoms with Crippen molar-refractivity contribution in [3.05, 3.63) is 89.2 Å². The van der Waals surface area contributed by atoms with Crippen LogP contribution in [0.2, 0.25) is 0 Å². The number of Topliss-reactive ketones (excluding diaryl/α,β-unsaturated/α-hetero) is 2. The van der Waals surface area contributed by atoms with Crippen molar-refractivity contribution >= 4 is 17.2 Å². The normalized spacial score (nSPS) is 13.7. The van der Waals surface area contributed by atoms with Crippen LogP contribution in [0.4, 0.5) is 0 Å². The van der Waals surface area contributed by atoms with E-state index in [2.05, 4.69) is 43.0 Å². The maximum atomic E-state index is 12.9. The lowest BCUT2D eigenvalue weighted by molar-refractivity contribution is -0.119. The molecule has 2 aromatic heterocycles. The van der Waals surface area contributed by atoms with Gasteiger partial charge in [-0.25, -0.2) is 9.50 Å². The van der Waals surface area contributed by atoms with Gasteiger partial charge in [-0.2, -0.15) is 0 Å². The Morgan fingerprint density at radius 1 is 1.00 bits per heavy atom. The maximum Gasteiger partial charge on any atom is 0.237 e. The van der Waals surface area contributed by atoms with E-state index in [1.54, 1.807) is 35.0 Å². The lowest BCUT2D eigenvalue weighted by Gasteiger charge is -2.19. The van der Waals surface area contributed by atoms with Crippen molar-refractivity contribution in [2.45, 2.75) is 51.9 Å². The number of fused-ring (bicyclic) bond motifs is 1. The summed E-state index contributed by atoms with van der Waals surface area (Å²) in [6.07, 6.45) is 4.43. The summed E-state index contributed by atoms with van der Waals surface area (Å²) in [6.45, 7) is 6.52. The first-order valence-corrected chi connectivity index (χ1v) is 12.0. The highest BCUT2D eigenvalue weighted by Crippen LogP contribution is 2.31. The standard InChI is InChI=1S/C29H29N3O3/c1-29(2,3)22-11-7-19(8-12-22)15-25(33)21-5-4-6-24(16-21)35-28-14-13-27-30-23(18-32(27)31-28)17-26(34)20-9-10-20/h4-8,11-14,16,18,20H,9-10,15,17H2,1-3H3. The van der Waals surface area contributed by atoms with E-state index in [1.807, 2.05) is 24.3 Å². The van der Waals surface area contributed by atoms with Crippen molar-refractivity contribution in [2.75, 3.05) is 0 Å². The third kappa shape index (κ3) is 5.48. The maximum absolute atomic E-state index is 12.9. The zero-order valence-corrected chi connectivity index (χ0v) is 20.3. The average Bonchev–Trinajstić information content (AvgIpc) is 3.60. The number of ether oxygens (including phenoxy) is 1. The van der Waals surface area contributed by atoms with Crippen LogP contribution in [0, 0.1) is 5.92 Å². The van der Waals surface area contributed by atoms with E-state index in [-0.39, 0.29) is 22.9 Å². The Hall–Kier alpha value is -3.80. The molecule has 0 spiro atoms. The van der Waals surface area contributed by atoms with Crippen molar-refractivity contribution in [3.63, 3.8) is 0 Å². The molecule has 1 aliphatic rings. The summed E-state index contributed by atoms with van der Waals surface area (Å²) >= 11 is 0. The van der Waals surface area contributed by atoms with E-state index in [0.29, 0.717) is 35.7 Å². The summed E-state index contributed by atoms with van der Waals surface area (Å²) in [5.41, 5.74) is 4.28. The van der Waals surface area contributed by atoms with Crippen molar-refractivity contribution in [1.82, 2.24) is 14.6 Å². The topological polar surface area (TPSA) is 73.6 Å². The molecular weight excluding hydrogens is 438 g/mol. The number of carbonyl (C=O) groups excluding carboxylic acids is 2. The molecule has 35 heavy (non-hydrogen) atoms. The minimum Gasteiger partial charge on any atom is -0.438 e. The van der Waals surface area contributed by atoms with Crippen LogP contribution in [-0.4, -0.2) is 26.2 Å². The van der Waals surface area contributed by atoms with E-state index in [4.69, 9.17) is 4.74 Å². The Labute approximate surface area is 205 Å². The third-order valence-electron chi connectivity index (χ3n) is 6.30. The Morgan fingerprint density at radius 3 is 2.49 bits per heavy atom. The van der Waals surface area contributed by atoms with Crippen LogP contribution in [0.3, 0.4) is 0 Å². The Morgan fingerprint density at radius 2 is 1.77 bits per heavy atom. The molecule has 1 fully saturated rings. The zero-order valence-electron chi connectivity index (χ0n) is 20.3. The molecular formula is C29H29N3O3. The molecule has 6 heteroatoms. The Bertz CT molecular complexity index is 1390. The van der Waals surface area contributed by atoms with Crippen molar-refractivity contribution in [1.29, 1.82) is 0 Å². The molecule has 1 saturated carbocycles. The van der Waals surface area contributed by atoms with E-state index in [9.17, 15) is 9.59 Å². The van der Waals surface area contributed by atoms with Crippen LogP contribution >= 0.6 is 0 Å². The fourth-order valence-electron chi connectivity index (χ4n) is 4.05. The van der Waals surface area contributed by atoms with Gasteiger partial charge in [-0.1, -0.05) is 57.2 Å². The number of hydrogen-bond donors (Lipinski definition) is 0. The molecule has 0 atom stereocenters. The fourth-order valence-corrected chi connectivity index (χ4v) is 4.05. The second-order valence-electron chi connectivity index (χ2n) is 10.3. The fraction of sp³-hybridized carbons (Fsp3) is 0.310. The molecule has 0 bridgehead atoms. The van der Waals surface area contributed by atoms with Crippen LogP contribution in [0.15, 0.2) is 66.9 Å². The summed E-state index contributed by atoms with van der Waals surface area (Å²) in [5, 5.41) is 4.46. The van der Waals surface area contributed by atoms with Crippen LogP contribution in [0.1, 0.15) is 60.8 Å². The van der Waals surface area contributed by atoms with Gasteiger partial charge in [0.15, 0.2) is 11.4 Å². The molecule has 0 amide bonds. The first-order chi connectivity index (χ1) is 16.7. The molecule has 2 heterocycles. The highest BCUT2D eigenvalue weighted by Gasteiger charge is 2.29. The number of aromatic nitrogens is 3. The van der Waals surface area contributed by atoms with Gasteiger partial charge in [0.1, 0.15) is 11.5 Å². The van der Waals surface area contributed by atoms with Crippen molar-refractivity contribution < 1.29 is 14.3 Å². The molecule has 178 valence electrons. The minimum atomic E-state index is 0.0296. The number of ketones is 2. The van der Waals surface area contributed by atoms with Crippen molar-refractivity contribution in [2.24, 2.45) is 5.92 Å². The SMILES string of the molecule is CC(C)(C)c1ccc(CC(=O)c2cccc(Oc3ccc4nc(CC(=O)C5CC5)cn4n3)c2)cc1. The highest BCUT2D eigenvalue weighted by molar-refractivity contribution is 5.97. The van der Waals surface area contributed by atoms with Crippen LogP contribution in [0.25, 0.3) is 5.65 Å². The Balaban J connectivity index is 1.27. The van der Waals surface area contributed by atoms with Gasteiger partial charge in [-0.15, -0.1) is 5.10 Å². The van der Waals surface area contributed by atoms with Crippen molar-refractivity contribution in [3.8, 4) is 11.6 Å². The molecule has 0 aliphatic heterocycles. The molecule has 0 saturated heterocycles. The molecule has 0 N–H and O–H groups in total. The van der Waals surface area contributed by atoms with E-state index < -0.39 is 0 Å². The predicted molar refractivity (Wildman–Crippen MR) is 134 cm³/mol. The number of rotatable bonds is 8. The summed E-state index contributed by atoms with van der Waals surface area (Å²) in [6, 6.07) is 18.9. The minimum absolute atomic E-state index is 0.0296. The highest BCUT2D eigenvalue weighted by atomic mass is 16.5. The van der Waals surface area contributed by atoms with E-state index in [1.165, 1.54) is 5.56 Å². The molecule has 1 aliphatic carbocycles. The van der Waals surface area contributed by atoms with Gasteiger partial charge in [-0.05, 0) is 47.6 Å². The summed E-state index contributed by atoms with van der Waals surface area (Å²) < 4.78 is 7.57. The number of hydrogen-bond acceptors (Lipinski definition) is 5. The second kappa shape index (κ2) is 9.10. The zero-order chi connectivity index (χ0) is 24.6. The van der Waals surface area contributed by atoms with Gasteiger partial charge in [0, 0.05) is 24.0 Å². The lowest BCUT2D eigenvalue weighted by Crippen LogP contribution is -2.11. The van der Waals surface area contributed by atoms with Crippen LogP contribution < -0.4 is 4.74 Å². The van der Waals surface area contributed by atoms with Gasteiger partial charge in [0.05, 0.1) is 18.3 Å². The van der Waals surface area contributed by atoms with E-state index >= 15 is 0 Å². The van der Waals surface area contributed by atoms with Gasteiger partial charge in [0.2, 0.25) is 5.88 Å². The molecule has 4 aromatic rings. The number of imidazole rings is 1. The smallest absolute Gasteiger partial charge is 0.237 e. The summed E-state index contributed by atoms with van der Waals surface area (Å²) in [4.78, 5) is 29.5. The average molecular weight is 468 g/mol. The first-order valence-electron chi connectivity index (χ1n) is 12.0. The summed E-state index contributed by atoms with van der Waals surface area (Å²) in [7, 11) is 0. The monoisotopic (exact) mass is 467 g/mol. The van der Waals surface area contributed by atoms with Gasteiger partial charge >= 0.3 is 0 Å². The molecule has 5 rings (SSSR count). The molecule has 6 nitrogen and oxygen atoms in total. The van der Waals surface area contributed by atoms with Gasteiger partial charge < -0.3 is 4.74 Å². The van der Waals surface area contributed by atoms with Gasteiger partial charge in [0.25, 0.3) is 0 Å². The number of nitrogens with zero attached hydrogens (tertiary/aromatic N) is 3. The second-order valence-corrected chi connectivity index (χ2v) is 10.3. The van der Waals surface area contributed by atoms with Crippen LogP contribution in [0.5, 0.6) is 11.6 Å². The lowest BCUT2D eigenvalue weighted by atomic mass is 9.86. The molecule has 0 unspecified atom stereocenters. The van der Waals surface area contributed by atoms with Crippen LogP contribution in [-0.2, 0) is 23.1 Å². The Kier molecular flexibility index (Phi) is 5.97. The summed E-state index contributed by atoms with van der Waals surface area (Å²) in [5.74, 6) is 1.41. The molecule has 0 radical (unpaired) electrons. The number of carbonyl (C=O) groups is 2. The quantitative estimate of drug-likeness (QED) is 0.308. The predicted octanol–water partition coefficient (Wildman–Crippen LogP) is 5.77. The number of benzene rings is 2. The first kappa shape index (κ1) is 23.0. The van der Waals surface area contributed by atoms with E-state index in [0.717, 1.165) is 24.1 Å². The molecule has 2 aromatic carbocycles. The third-order valence-corrected chi connectivity index (χ3v) is 6.30. The largest absolute Gasteiger partial charge is 0.438 e. The van der Waals surface area contributed by atoms with Gasteiger partial charge in [-0.3, -0.25) is 9.59 Å².